The Kier molecular flexibility index (Phi) is 2.53. The number of nitrogens with zero attached hydrogens (tertiary/aromatic N) is 1. The van der Waals surface area contributed by atoms with Crippen LogP contribution in [0.2, 0.25) is 0 Å². The zero-order chi connectivity index (χ0) is 10.1. The quantitative estimate of drug-likeness (QED) is 0.668. The molecule has 0 spiro atoms. The van der Waals surface area contributed by atoms with E-state index in [0.717, 1.165) is 24.2 Å². The SMILES string of the molecule is CCc1cc(C)nc2c1CC(F)CC2. The van der Waals surface area contributed by atoms with Crippen LogP contribution in [0.3, 0.4) is 0 Å². The van der Waals surface area contributed by atoms with Gasteiger partial charge in [-0.15, -0.1) is 0 Å². The average molecular weight is 193 g/mol. The monoisotopic (exact) mass is 193 g/mol. The van der Waals surface area contributed by atoms with Gasteiger partial charge in [-0.1, -0.05) is 6.92 Å². The number of pyridine rings is 1. The highest BCUT2D eigenvalue weighted by molar-refractivity contribution is 5.35. The fraction of sp³-hybridized carbons (Fsp3) is 0.583. The van der Waals surface area contributed by atoms with Crippen molar-refractivity contribution in [2.45, 2.75) is 45.7 Å². The lowest BCUT2D eigenvalue weighted by atomic mass is 9.90. The molecule has 0 aliphatic heterocycles. The number of hydrogen-bond acceptors (Lipinski definition) is 1. The van der Waals surface area contributed by atoms with Gasteiger partial charge in [-0.2, -0.15) is 0 Å². The summed E-state index contributed by atoms with van der Waals surface area (Å²) >= 11 is 0. The molecular weight excluding hydrogens is 177 g/mol. The second-order valence-corrected chi connectivity index (χ2v) is 4.04. The van der Waals surface area contributed by atoms with E-state index < -0.39 is 6.17 Å². The maximum absolute atomic E-state index is 13.3. The number of hydrogen-bond donors (Lipinski definition) is 0. The molecule has 1 atom stereocenters. The number of alkyl halides is 1. The summed E-state index contributed by atoms with van der Waals surface area (Å²) in [6.45, 7) is 4.14. The third kappa shape index (κ3) is 1.66. The lowest BCUT2D eigenvalue weighted by Gasteiger charge is -2.21. The Bertz CT molecular complexity index is 329. The van der Waals surface area contributed by atoms with Gasteiger partial charge >= 0.3 is 0 Å². The van der Waals surface area contributed by atoms with Crippen LogP contribution >= 0.6 is 0 Å². The molecule has 1 aromatic rings. The summed E-state index contributed by atoms with van der Waals surface area (Å²) in [6.07, 6.45) is 2.36. The summed E-state index contributed by atoms with van der Waals surface area (Å²) in [5, 5.41) is 0. The highest BCUT2D eigenvalue weighted by Crippen LogP contribution is 2.25. The smallest absolute Gasteiger partial charge is 0.105 e. The van der Waals surface area contributed by atoms with Gasteiger partial charge in [0.25, 0.3) is 0 Å². The Hall–Kier alpha value is -0.920. The van der Waals surface area contributed by atoms with E-state index in [2.05, 4.69) is 18.0 Å². The summed E-state index contributed by atoms with van der Waals surface area (Å²) < 4.78 is 13.3. The second-order valence-electron chi connectivity index (χ2n) is 4.04. The molecule has 0 fully saturated rings. The van der Waals surface area contributed by atoms with E-state index in [-0.39, 0.29) is 0 Å². The second kappa shape index (κ2) is 3.68. The van der Waals surface area contributed by atoms with Gasteiger partial charge in [0.1, 0.15) is 6.17 Å². The molecule has 1 aliphatic carbocycles. The van der Waals surface area contributed by atoms with Crippen LogP contribution in [0, 0.1) is 6.92 Å². The van der Waals surface area contributed by atoms with Crippen LogP contribution in [-0.4, -0.2) is 11.2 Å². The van der Waals surface area contributed by atoms with Crippen molar-refractivity contribution in [3.05, 3.63) is 28.6 Å². The molecule has 0 radical (unpaired) electrons. The van der Waals surface area contributed by atoms with E-state index in [4.69, 9.17) is 0 Å². The van der Waals surface area contributed by atoms with Crippen molar-refractivity contribution in [1.82, 2.24) is 4.98 Å². The maximum Gasteiger partial charge on any atom is 0.105 e. The molecule has 0 amide bonds. The van der Waals surface area contributed by atoms with Crippen LogP contribution in [0.1, 0.15) is 35.9 Å². The molecule has 1 aromatic heterocycles. The molecule has 1 aliphatic rings. The molecule has 2 heteroatoms. The Morgan fingerprint density at radius 3 is 3.07 bits per heavy atom. The van der Waals surface area contributed by atoms with Gasteiger partial charge in [-0.05, 0) is 43.4 Å². The van der Waals surface area contributed by atoms with Crippen molar-refractivity contribution >= 4 is 0 Å². The van der Waals surface area contributed by atoms with Crippen LogP contribution in [0.25, 0.3) is 0 Å². The van der Waals surface area contributed by atoms with Gasteiger partial charge < -0.3 is 0 Å². The van der Waals surface area contributed by atoms with Crippen LogP contribution in [0.15, 0.2) is 6.07 Å². The first-order valence-electron chi connectivity index (χ1n) is 5.33. The lowest BCUT2D eigenvalue weighted by molar-refractivity contribution is 0.298. The minimum atomic E-state index is -0.655. The number of halogens is 1. The van der Waals surface area contributed by atoms with E-state index in [0.29, 0.717) is 12.8 Å². The van der Waals surface area contributed by atoms with E-state index in [1.165, 1.54) is 11.1 Å². The zero-order valence-electron chi connectivity index (χ0n) is 8.81. The fourth-order valence-electron chi connectivity index (χ4n) is 2.23. The van der Waals surface area contributed by atoms with Gasteiger partial charge in [-0.3, -0.25) is 4.98 Å². The summed E-state index contributed by atoms with van der Waals surface area (Å²) in [5.74, 6) is 0. The Morgan fingerprint density at radius 1 is 1.57 bits per heavy atom. The highest BCUT2D eigenvalue weighted by Gasteiger charge is 2.21. The standard InChI is InChI=1S/C12H16FN/c1-3-9-6-8(2)14-12-5-4-10(13)7-11(9)12/h6,10H,3-5,7H2,1-2H3. The number of aromatic nitrogens is 1. The Morgan fingerprint density at radius 2 is 2.36 bits per heavy atom. The van der Waals surface area contributed by atoms with E-state index in [9.17, 15) is 4.39 Å². The Balaban J connectivity index is 2.47. The molecule has 1 heterocycles. The number of rotatable bonds is 1. The van der Waals surface area contributed by atoms with Crippen LogP contribution in [0.5, 0.6) is 0 Å². The van der Waals surface area contributed by atoms with Gasteiger partial charge in [0.05, 0.1) is 0 Å². The van der Waals surface area contributed by atoms with Crippen molar-refractivity contribution in [2.75, 3.05) is 0 Å². The largest absolute Gasteiger partial charge is 0.258 e. The first kappa shape index (κ1) is 9.63. The van der Waals surface area contributed by atoms with Gasteiger partial charge in [-0.25, -0.2) is 4.39 Å². The molecule has 14 heavy (non-hydrogen) atoms. The molecule has 0 saturated carbocycles. The van der Waals surface area contributed by atoms with Gasteiger partial charge in [0.15, 0.2) is 0 Å². The zero-order valence-corrected chi connectivity index (χ0v) is 8.81. The van der Waals surface area contributed by atoms with Crippen molar-refractivity contribution in [3.8, 4) is 0 Å². The topological polar surface area (TPSA) is 12.9 Å². The summed E-state index contributed by atoms with van der Waals surface area (Å²) in [5.41, 5.74) is 4.67. The summed E-state index contributed by atoms with van der Waals surface area (Å²) in [6, 6.07) is 2.09. The summed E-state index contributed by atoms with van der Waals surface area (Å²) in [4.78, 5) is 4.49. The van der Waals surface area contributed by atoms with Crippen LogP contribution in [-0.2, 0) is 19.3 Å². The predicted octanol–water partition coefficient (Wildman–Crippen LogP) is 2.78. The third-order valence-corrected chi connectivity index (χ3v) is 2.93. The molecule has 0 bridgehead atoms. The fourth-order valence-corrected chi connectivity index (χ4v) is 2.23. The molecule has 2 rings (SSSR count). The molecule has 0 aromatic carbocycles. The number of aryl methyl sites for hydroxylation is 3. The van der Waals surface area contributed by atoms with E-state index in [1.807, 2.05) is 6.92 Å². The highest BCUT2D eigenvalue weighted by atomic mass is 19.1. The minimum absolute atomic E-state index is 0.575. The lowest BCUT2D eigenvalue weighted by Crippen LogP contribution is -2.18. The predicted molar refractivity (Wildman–Crippen MR) is 55.3 cm³/mol. The van der Waals surface area contributed by atoms with E-state index >= 15 is 0 Å². The molecule has 76 valence electrons. The van der Waals surface area contributed by atoms with Gasteiger partial charge in [0, 0.05) is 17.8 Å². The third-order valence-electron chi connectivity index (χ3n) is 2.93. The van der Waals surface area contributed by atoms with Crippen molar-refractivity contribution < 1.29 is 4.39 Å². The maximum atomic E-state index is 13.3. The van der Waals surface area contributed by atoms with Crippen molar-refractivity contribution in [1.29, 1.82) is 0 Å². The molecule has 1 nitrogen and oxygen atoms in total. The van der Waals surface area contributed by atoms with E-state index in [1.54, 1.807) is 0 Å². The molecule has 1 unspecified atom stereocenters. The average Bonchev–Trinajstić information content (AvgIpc) is 2.17. The van der Waals surface area contributed by atoms with Crippen molar-refractivity contribution in [3.63, 3.8) is 0 Å². The van der Waals surface area contributed by atoms with Crippen molar-refractivity contribution in [2.24, 2.45) is 0 Å². The summed E-state index contributed by atoms with van der Waals surface area (Å²) in [7, 11) is 0. The van der Waals surface area contributed by atoms with Crippen LogP contribution in [0.4, 0.5) is 4.39 Å². The van der Waals surface area contributed by atoms with Gasteiger partial charge in [0.2, 0.25) is 0 Å². The first-order chi connectivity index (χ1) is 6.70. The normalized spacial score (nSPS) is 20.6. The molecule has 0 saturated heterocycles. The first-order valence-corrected chi connectivity index (χ1v) is 5.33. The molecular formula is C12H16FN. The van der Waals surface area contributed by atoms with Crippen LogP contribution < -0.4 is 0 Å². The molecule has 0 N–H and O–H groups in total. The minimum Gasteiger partial charge on any atom is -0.258 e. The Labute approximate surface area is 84.4 Å². The number of fused-ring (bicyclic) bond motifs is 1.